The summed E-state index contributed by atoms with van der Waals surface area (Å²) in [6.07, 6.45) is 1.47. The number of rotatable bonds is 5. The summed E-state index contributed by atoms with van der Waals surface area (Å²) in [5.74, 6) is -0.376. The number of nitrogens with zero attached hydrogens (tertiary/aromatic N) is 5. The maximum atomic E-state index is 12.4. The average molecular weight is 354 g/mol. The number of aromatic nitrogens is 4. The second kappa shape index (κ2) is 6.97. The van der Waals surface area contributed by atoms with Crippen LogP contribution in [0.2, 0.25) is 0 Å². The fourth-order valence-electron chi connectivity index (χ4n) is 2.44. The van der Waals surface area contributed by atoms with Crippen LogP contribution >= 0.6 is 0 Å². The topological polar surface area (TPSA) is 125 Å². The smallest absolute Gasteiger partial charge is 0.311 e. The second-order valence-electron chi connectivity index (χ2n) is 5.35. The monoisotopic (exact) mass is 354 g/mol. The number of carbonyl (C=O) groups is 1. The lowest BCUT2D eigenvalue weighted by molar-refractivity contribution is -0.385. The third kappa shape index (κ3) is 3.34. The molecule has 3 aromatic rings. The number of benzene rings is 2. The Morgan fingerprint density at radius 2 is 2.08 bits per heavy atom. The number of hydrogen-bond donors (Lipinski definition) is 1. The Morgan fingerprint density at radius 3 is 2.69 bits per heavy atom. The lowest BCUT2D eigenvalue weighted by Gasteiger charge is -2.10. The van der Waals surface area contributed by atoms with Crippen molar-refractivity contribution in [2.45, 2.75) is 6.92 Å². The van der Waals surface area contributed by atoms with E-state index in [1.807, 2.05) is 6.92 Å². The van der Waals surface area contributed by atoms with E-state index in [1.165, 1.54) is 36.3 Å². The molecule has 0 atom stereocenters. The predicted molar refractivity (Wildman–Crippen MR) is 91.5 cm³/mol. The standard InChI is InChI=1S/C16H14N6O4/c1-10-7-12(4-5-13(10)21-9-17-19-20-21)18-16(23)11-3-6-15(26-2)14(8-11)22(24)25/h3-9H,1-2H3,(H,18,23). The molecule has 10 heteroatoms. The molecular weight excluding hydrogens is 340 g/mol. The highest BCUT2D eigenvalue weighted by Gasteiger charge is 2.18. The fourth-order valence-corrected chi connectivity index (χ4v) is 2.44. The molecule has 0 aliphatic rings. The Labute approximate surface area is 147 Å². The highest BCUT2D eigenvalue weighted by molar-refractivity contribution is 6.05. The fraction of sp³-hybridized carbons (Fsp3) is 0.125. The summed E-state index contributed by atoms with van der Waals surface area (Å²) >= 11 is 0. The van der Waals surface area contributed by atoms with Gasteiger partial charge in [0.15, 0.2) is 5.75 Å². The zero-order valence-electron chi connectivity index (χ0n) is 13.9. The minimum atomic E-state index is -0.597. The number of anilines is 1. The molecule has 1 amide bonds. The minimum Gasteiger partial charge on any atom is -0.490 e. The van der Waals surface area contributed by atoms with Gasteiger partial charge in [-0.3, -0.25) is 14.9 Å². The summed E-state index contributed by atoms with van der Waals surface area (Å²) < 4.78 is 6.44. The maximum absolute atomic E-state index is 12.4. The predicted octanol–water partition coefficient (Wildman–Crippen LogP) is 2.14. The first-order valence-electron chi connectivity index (χ1n) is 7.47. The molecule has 0 radical (unpaired) electrons. The Hall–Kier alpha value is -3.82. The van der Waals surface area contributed by atoms with Gasteiger partial charge in [0.05, 0.1) is 17.7 Å². The van der Waals surface area contributed by atoms with E-state index >= 15 is 0 Å². The van der Waals surface area contributed by atoms with Crippen LogP contribution in [0.1, 0.15) is 15.9 Å². The molecular formula is C16H14N6O4. The molecule has 0 aliphatic heterocycles. The van der Waals surface area contributed by atoms with E-state index in [2.05, 4.69) is 20.8 Å². The lowest BCUT2D eigenvalue weighted by atomic mass is 10.1. The Kier molecular flexibility index (Phi) is 4.56. The molecule has 1 aromatic heterocycles. The van der Waals surface area contributed by atoms with E-state index < -0.39 is 10.8 Å². The van der Waals surface area contributed by atoms with Crippen molar-refractivity contribution in [3.8, 4) is 11.4 Å². The summed E-state index contributed by atoms with van der Waals surface area (Å²) in [7, 11) is 1.33. The normalized spacial score (nSPS) is 10.4. The molecule has 0 bridgehead atoms. The third-order valence-corrected chi connectivity index (χ3v) is 3.69. The van der Waals surface area contributed by atoms with Gasteiger partial charge in [-0.15, -0.1) is 5.10 Å². The minimum absolute atomic E-state index is 0.0909. The van der Waals surface area contributed by atoms with Gasteiger partial charge in [0.1, 0.15) is 6.33 Å². The second-order valence-corrected chi connectivity index (χ2v) is 5.35. The molecule has 0 saturated heterocycles. The Bertz CT molecular complexity index is 971. The number of methoxy groups -OCH3 is 1. The van der Waals surface area contributed by atoms with Gasteiger partial charge in [-0.2, -0.15) is 0 Å². The maximum Gasteiger partial charge on any atom is 0.311 e. The number of aryl methyl sites for hydroxylation is 1. The van der Waals surface area contributed by atoms with Gasteiger partial charge in [-0.1, -0.05) is 0 Å². The Balaban J connectivity index is 1.83. The molecule has 0 fully saturated rings. The molecule has 0 saturated carbocycles. The number of ether oxygens (including phenoxy) is 1. The van der Waals surface area contributed by atoms with Crippen molar-refractivity contribution in [2.24, 2.45) is 0 Å². The lowest BCUT2D eigenvalue weighted by Crippen LogP contribution is -2.13. The number of hydrogen-bond acceptors (Lipinski definition) is 7. The number of carbonyl (C=O) groups excluding carboxylic acids is 1. The van der Waals surface area contributed by atoms with Crippen LogP contribution in [0.3, 0.4) is 0 Å². The number of nitro benzene ring substituents is 1. The first-order valence-corrected chi connectivity index (χ1v) is 7.47. The van der Waals surface area contributed by atoms with Gasteiger partial charge >= 0.3 is 5.69 Å². The summed E-state index contributed by atoms with van der Waals surface area (Å²) in [5, 5.41) is 24.8. The number of amides is 1. The van der Waals surface area contributed by atoms with E-state index in [4.69, 9.17) is 4.74 Å². The van der Waals surface area contributed by atoms with Crippen LogP contribution in [0.25, 0.3) is 5.69 Å². The quantitative estimate of drug-likeness (QED) is 0.549. The molecule has 3 rings (SSSR count). The van der Waals surface area contributed by atoms with E-state index in [9.17, 15) is 14.9 Å². The van der Waals surface area contributed by atoms with Crippen molar-refractivity contribution in [1.29, 1.82) is 0 Å². The molecule has 0 unspecified atom stereocenters. The molecule has 2 aromatic carbocycles. The van der Waals surface area contributed by atoms with Crippen LogP contribution in [0, 0.1) is 17.0 Å². The van der Waals surface area contributed by atoms with Crippen molar-refractivity contribution >= 4 is 17.3 Å². The van der Waals surface area contributed by atoms with Crippen LogP contribution in [-0.2, 0) is 0 Å². The zero-order valence-corrected chi connectivity index (χ0v) is 13.9. The number of tetrazole rings is 1. The van der Waals surface area contributed by atoms with Crippen LogP contribution in [0.4, 0.5) is 11.4 Å². The van der Waals surface area contributed by atoms with Crippen LogP contribution in [-0.4, -0.2) is 38.1 Å². The van der Waals surface area contributed by atoms with E-state index in [0.717, 1.165) is 11.3 Å². The molecule has 26 heavy (non-hydrogen) atoms. The largest absolute Gasteiger partial charge is 0.490 e. The summed E-state index contributed by atoms with van der Waals surface area (Å²) in [5.41, 5.74) is 2.04. The SMILES string of the molecule is COc1ccc(C(=O)Nc2ccc(-n3cnnn3)c(C)c2)cc1[N+](=O)[O-]. The van der Waals surface area contributed by atoms with Crippen molar-refractivity contribution in [3.05, 3.63) is 64.0 Å². The number of nitrogens with one attached hydrogen (secondary N) is 1. The molecule has 10 nitrogen and oxygen atoms in total. The summed E-state index contributed by atoms with van der Waals surface area (Å²) in [6.45, 7) is 1.85. The van der Waals surface area contributed by atoms with Crippen molar-refractivity contribution in [2.75, 3.05) is 12.4 Å². The van der Waals surface area contributed by atoms with Gasteiger partial charge in [0.25, 0.3) is 5.91 Å². The van der Waals surface area contributed by atoms with E-state index in [0.29, 0.717) is 5.69 Å². The van der Waals surface area contributed by atoms with E-state index in [-0.39, 0.29) is 17.0 Å². The highest BCUT2D eigenvalue weighted by atomic mass is 16.6. The van der Waals surface area contributed by atoms with Crippen molar-refractivity contribution in [3.63, 3.8) is 0 Å². The summed E-state index contributed by atoms with van der Waals surface area (Å²) in [4.78, 5) is 22.9. The zero-order chi connectivity index (χ0) is 18.7. The van der Waals surface area contributed by atoms with Gasteiger partial charge < -0.3 is 10.1 Å². The van der Waals surface area contributed by atoms with Crippen LogP contribution < -0.4 is 10.1 Å². The molecule has 0 aliphatic carbocycles. The molecule has 1 N–H and O–H groups in total. The van der Waals surface area contributed by atoms with Crippen LogP contribution in [0.5, 0.6) is 5.75 Å². The van der Waals surface area contributed by atoms with Gasteiger partial charge in [0.2, 0.25) is 0 Å². The molecule has 132 valence electrons. The number of nitro groups is 1. The van der Waals surface area contributed by atoms with Gasteiger partial charge in [-0.25, -0.2) is 4.68 Å². The third-order valence-electron chi connectivity index (χ3n) is 3.69. The Morgan fingerprint density at radius 1 is 1.27 bits per heavy atom. The summed E-state index contributed by atoms with van der Waals surface area (Å²) in [6, 6.07) is 9.24. The first kappa shape index (κ1) is 17.0. The van der Waals surface area contributed by atoms with E-state index in [1.54, 1.807) is 18.2 Å². The van der Waals surface area contributed by atoms with Gasteiger partial charge in [0, 0.05) is 17.3 Å². The van der Waals surface area contributed by atoms with Gasteiger partial charge in [-0.05, 0) is 53.2 Å². The highest BCUT2D eigenvalue weighted by Crippen LogP contribution is 2.28. The first-order chi connectivity index (χ1) is 12.5. The average Bonchev–Trinajstić information content (AvgIpc) is 3.15. The van der Waals surface area contributed by atoms with Crippen molar-refractivity contribution in [1.82, 2.24) is 20.2 Å². The molecule has 0 spiro atoms. The van der Waals surface area contributed by atoms with Crippen LogP contribution in [0.15, 0.2) is 42.7 Å². The van der Waals surface area contributed by atoms with Crippen molar-refractivity contribution < 1.29 is 14.5 Å². The molecule has 1 heterocycles.